The Bertz CT molecular complexity index is 537. The van der Waals surface area contributed by atoms with Crippen molar-refractivity contribution in [3.63, 3.8) is 0 Å². The molecule has 2 rings (SSSR count). The number of nitrogens with one attached hydrogen (secondary N) is 1. The molecule has 0 unspecified atom stereocenters. The van der Waals surface area contributed by atoms with Gasteiger partial charge in [0.05, 0.1) is 18.8 Å². The highest BCUT2D eigenvalue weighted by Crippen LogP contribution is 2.24. The number of hydrogen-bond donors (Lipinski definition) is 1. The number of benzene rings is 1. The SMILES string of the molecule is COCCNCc1ccn(Cc2c(Cl)cccc2Cl)n1. The van der Waals surface area contributed by atoms with Crippen molar-refractivity contribution in [1.29, 1.82) is 0 Å². The maximum atomic E-state index is 6.15. The zero-order valence-electron chi connectivity index (χ0n) is 11.3. The van der Waals surface area contributed by atoms with E-state index in [0.717, 1.165) is 17.8 Å². The third-order valence-corrected chi connectivity index (χ3v) is 3.57. The molecule has 0 bridgehead atoms. The summed E-state index contributed by atoms with van der Waals surface area (Å²) in [6.45, 7) is 2.78. The highest BCUT2D eigenvalue weighted by Gasteiger charge is 2.07. The van der Waals surface area contributed by atoms with Gasteiger partial charge in [0.15, 0.2) is 0 Å². The summed E-state index contributed by atoms with van der Waals surface area (Å²) < 4.78 is 6.81. The van der Waals surface area contributed by atoms with E-state index in [4.69, 9.17) is 27.9 Å². The lowest BCUT2D eigenvalue weighted by molar-refractivity contribution is 0.199. The standard InChI is InChI=1S/C14H17Cl2N3O/c1-20-8-6-17-9-11-5-7-19(18-11)10-12-13(15)3-2-4-14(12)16/h2-5,7,17H,6,8-10H2,1H3. The number of rotatable bonds is 7. The van der Waals surface area contributed by atoms with Gasteiger partial charge < -0.3 is 10.1 Å². The summed E-state index contributed by atoms with van der Waals surface area (Å²) in [6.07, 6.45) is 1.92. The summed E-state index contributed by atoms with van der Waals surface area (Å²) in [5.41, 5.74) is 1.86. The fourth-order valence-corrected chi connectivity index (χ4v) is 2.34. The van der Waals surface area contributed by atoms with Crippen LogP contribution in [0, 0.1) is 0 Å². The molecular weight excluding hydrogens is 297 g/mol. The first-order valence-electron chi connectivity index (χ1n) is 6.35. The molecule has 0 atom stereocenters. The molecular formula is C14H17Cl2N3O. The average molecular weight is 314 g/mol. The van der Waals surface area contributed by atoms with Crippen LogP contribution < -0.4 is 5.32 Å². The fourth-order valence-electron chi connectivity index (χ4n) is 1.82. The van der Waals surface area contributed by atoms with E-state index in [-0.39, 0.29) is 0 Å². The maximum Gasteiger partial charge on any atom is 0.0762 e. The van der Waals surface area contributed by atoms with Crippen molar-refractivity contribution in [2.75, 3.05) is 20.3 Å². The van der Waals surface area contributed by atoms with Gasteiger partial charge in [-0.3, -0.25) is 4.68 Å². The lowest BCUT2D eigenvalue weighted by atomic mass is 10.2. The van der Waals surface area contributed by atoms with Crippen LogP contribution >= 0.6 is 23.2 Å². The van der Waals surface area contributed by atoms with Crippen LogP contribution in [0.3, 0.4) is 0 Å². The molecule has 0 saturated heterocycles. The van der Waals surface area contributed by atoms with E-state index in [1.807, 2.05) is 35.1 Å². The lowest BCUT2D eigenvalue weighted by Crippen LogP contribution is -2.19. The van der Waals surface area contributed by atoms with E-state index in [1.165, 1.54) is 0 Å². The number of methoxy groups -OCH3 is 1. The zero-order chi connectivity index (χ0) is 14.4. The van der Waals surface area contributed by atoms with Gasteiger partial charge in [-0.15, -0.1) is 0 Å². The van der Waals surface area contributed by atoms with Crippen LogP contribution in [0.2, 0.25) is 10.0 Å². The molecule has 1 aromatic carbocycles. The van der Waals surface area contributed by atoms with E-state index in [0.29, 0.717) is 29.7 Å². The molecule has 1 heterocycles. The molecule has 108 valence electrons. The first-order chi connectivity index (χ1) is 9.70. The van der Waals surface area contributed by atoms with E-state index in [2.05, 4.69) is 10.4 Å². The molecule has 0 aliphatic rings. The quantitative estimate of drug-likeness (QED) is 0.799. The first-order valence-corrected chi connectivity index (χ1v) is 7.11. The van der Waals surface area contributed by atoms with Gasteiger partial charge in [-0.2, -0.15) is 5.10 Å². The van der Waals surface area contributed by atoms with Crippen LogP contribution in [0.1, 0.15) is 11.3 Å². The van der Waals surface area contributed by atoms with Crippen molar-refractivity contribution in [2.24, 2.45) is 0 Å². The molecule has 0 amide bonds. The van der Waals surface area contributed by atoms with Crippen LogP contribution in [0.25, 0.3) is 0 Å². The van der Waals surface area contributed by atoms with Crippen molar-refractivity contribution >= 4 is 23.2 Å². The van der Waals surface area contributed by atoms with Gasteiger partial charge in [-0.25, -0.2) is 0 Å². The predicted octanol–water partition coefficient (Wildman–Crippen LogP) is 2.97. The van der Waals surface area contributed by atoms with Gasteiger partial charge in [-0.05, 0) is 18.2 Å². The van der Waals surface area contributed by atoms with Crippen molar-refractivity contribution in [1.82, 2.24) is 15.1 Å². The third kappa shape index (κ3) is 4.21. The Morgan fingerprint density at radius 1 is 1.25 bits per heavy atom. The molecule has 4 nitrogen and oxygen atoms in total. The Hall–Kier alpha value is -1.07. The monoisotopic (exact) mass is 313 g/mol. The summed E-state index contributed by atoms with van der Waals surface area (Å²) in [6, 6.07) is 7.48. The second-order valence-electron chi connectivity index (χ2n) is 4.37. The van der Waals surface area contributed by atoms with Crippen LogP contribution in [-0.4, -0.2) is 30.0 Å². The lowest BCUT2D eigenvalue weighted by Gasteiger charge is -2.07. The van der Waals surface area contributed by atoms with Gasteiger partial charge in [0, 0.05) is 42.0 Å². The minimum Gasteiger partial charge on any atom is -0.383 e. The molecule has 0 fully saturated rings. The summed E-state index contributed by atoms with van der Waals surface area (Å²) >= 11 is 12.3. The van der Waals surface area contributed by atoms with Gasteiger partial charge >= 0.3 is 0 Å². The van der Waals surface area contributed by atoms with Crippen molar-refractivity contribution in [3.8, 4) is 0 Å². The van der Waals surface area contributed by atoms with Gasteiger partial charge in [0.25, 0.3) is 0 Å². The molecule has 20 heavy (non-hydrogen) atoms. The number of ether oxygens (including phenoxy) is 1. The van der Waals surface area contributed by atoms with E-state index in [9.17, 15) is 0 Å². The Kier molecular flexibility index (Phi) is 5.86. The average Bonchev–Trinajstić information content (AvgIpc) is 2.87. The Labute approximate surface area is 128 Å². The molecule has 0 saturated carbocycles. The van der Waals surface area contributed by atoms with Crippen LogP contribution in [0.5, 0.6) is 0 Å². The fraction of sp³-hybridized carbons (Fsp3) is 0.357. The second kappa shape index (κ2) is 7.64. The van der Waals surface area contributed by atoms with Gasteiger partial charge in [0.1, 0.15) is 0 Å². The second-order valence-corrected chi connectivity index (χ2v) is 5.19. The van der Waals surface area contributed by atoms with Crippen LogP contribution in [0.4, 0.5) is 0 Å². The highest BCUT2D eigenvalue weighted by molar-refractivity contribution is 6.35. The van der Waals surface area contributed by atoms with E-state index in [1.54, 1.807) is 7.11 Å². The number of nitrogens with zero attached hydrogens (tertiary/aromatic N) is 2. The van der Waals surface area contributed by atoms with Gasteiger partial charge in [-0.1, -0.05) is 29.3 Å². The molecule has 6 heteroatoms. The number of hydrogen-bond acceptors (Lipinski definition) is 3. The van der Waals surface area contributed by atoms with E-state index >= 15 is 0 Å². The number of aromatic nitrogens is 2. The maximum absolute atomic E-state index is 6.15. The number of halogens is 2. The normalized spacial score (nSPS) is 10.9. The molecule has 1 aromatic heterocycles. The summed E-state index contributed by atoms with van der Waals surface area (Å²) in [4.78, 5) is 0. The minimum atomic E-state index is 0.566. The summed E-state index contributed by atoms with van der Waals surface area (Å²) in [5, 5.41) is 9.05. The molecule has 0 radical (unpaired) electrons. The molecule has 2 aromatic rings. The first kappa shape index (κ1) is 15.3. The van der Waals surface area contributed by atoms with Crippen molar-refractivity contribution in [3.05, 3.63) is 51.8 Å². The molecule has 0 aliphatic carbocycles. The minimum absolute atomic E-state index is 0.566. The molecule has 0 spiro atoms. The predicted molar refractivity (Wildman–Crippen MR) is 81.4 cm³/mol. The molecule has 1 N–H and O–H groups in total. The molecule has 0 aliphatic heterocycles. The smallest absolute Gasteiger partial charge is 0.0762 e. The third-order valence-electron chi connectivity index (χ3n) is 2.87. The Balaban J connectivity index is 1.96. The van der Waals surface area contributed by atoms with Crippen LogP contribution in [0.15, 0.2) is 30.5 Å². The zero-order valence-corrected chi connectivity index (χ0v) is 12.8. The van der Waals surface area contributed by atoms with Crippen molar-refractivity contribution < 1.29 is 4.74 Å². The Morgan fingerprint density at radius 3 is 2.70 bits per heavy atom. The van der Waals surface area contributed by atoms with Crippen molar-refractivity contribution in [2.45, 2.75) is 13.1 Å². The largest absolute Gasteiger partial charge is 0.383 e. The topological polar surface area (TPSA) is 39.1 Å². The summed E-state index contributed by atoms with van der Waals surface area (Å²) in [5.74, 6) is 0. The Morgan fingerprint density at radius 2 is 2.00 bits per heavy atom. The van der Waals surface area contributed by atoms with Gasteiger partial charge in [0.2, 0.25) is 0 Å². The van der Waals surface area contributed by atoms with Crippen LogP contribution in [-0.2, 0) is 17.8 Å². The highest BCUT2D eigenvalue weighted by atomic mass is 35.5. The van der Waals surface area contributed by atoms with E-state index < -0.39 is 0 Å². The summed E-state index contributed by atoms with van der Waals surface area (Å²) in [7, 11) is 1.68.